The molecule has 0 saturated heterocycles. The van der Waals surface area contributed by atoms with E-state index in [0.29, 0.717) is 25.4 Å². The molecule has 0 spiro atoms. The number of aromatic nitrogens is 1. The van der Waals surface area contributed by atoms with E-state index in [-0.39, 0.29) is 0 Å². The summed E-state index contributed by atoms with van der Waals surface area (Å²) in [6.07, 6.45) is 3.38. The average Bonchev–Trinajstić information content (AvgIpc) is 2.56. The second-order valence-corrected chi connectivity index (χ2v) is 4.98. The first kappa shape index (κ1) is 14.1. The molecule has 1 aliphatic heterocycles. The van der Waals surface area contributed by atoms with Gasteiger partial charge in [-0.1, -0.05) is 24.3 Å². The number of amides is 1. The number of carboxylic acid groups (broad SMARTS) is 1. The topological polar surface area (TPSA) is 62.7 Å². The van der Waals surface area contributed by atoms with Crippen LogP contribution in [0.25, 0.3) is 5.57 Å². The van der Waals surface area contributed by atoms with Gasteiger partial charge < -0.3 is 14.7 Å². The Balaban J connectivity index is 1.84. The van der Waals surface area contributed by atoms with E-state index in [1.165, 1.54) is 4.90 Å². The number of pyridine rings is 1. The van der Waals surface area contributed by atoms with E-state index < -0.39 is 6.09 Å². The molecule has 3 rings (SSSR count). The molecular weight excluding hydrogens is 280 g/mol. The smallest absolute Gasteiger partial charge is 0.407 e. The Hall–Kier alpha value is -2.82. The maximum atomic E-state index is 11.0. The Kier molecular flexibility index (Phi) is 4.05. The van der Waals surface area contributed by atoms with Crippen LogP contribution in [0.15, 0.2) is 54.7 Å². The first-order valence-corrected chi connectivity index (χ1v) is 7.09. The fraction of sp³-hybridized carbons (Fsp3) is 0.176. The highest BCUT2D eigenvalue weighted by atomic mass is 16.5. The largest absolute Gasteiger partial charge is 0.465 e. The highest BCUT2D eigenvalue weighted by molar-refractivity contribution is 5.73. The van der Waals surface area contributed by atoms with Gasteiger partial charge in [0.25, 0.3) is 0 Å². The Morgan fingerprint density at radius 3 is 2.68 bits per heavy atom. The van der Waals surface area contributed by atoms with Gasteiger partial charge in [0.15, 0.2) is 0 Å². The van der Waals surface area contributed by atoms with Crippen molar-refractivity contribution in [1.82, 2.24) is 9.88 Å². The van der Waals surface area contributed by atoms with Crippen molar-refractivity contribution in [3.63, 3.8) is 0 Å². The van der Waals surface area contributed by atoms with Crippen LogP contribution in [0.4, 0.5) is 4.79 Å². The highest BCUT2D eigenvalue weighted by Crippen LogP contribution is 2.31. The number of ether oxygens (including phenoxy) is 1. The molecule has 1 aromatic carbocycles. The van der Waals surface area contributed by atoms with Crippen molar-refractivity contribution in [2.24, 2.45) is 0 Å². The molecule has 0 aliphatic carbocycles. The molecule has 0 unspecified atom stereocenters. The van der Waals surface area contributed by atoms with Crippen LogP contribution in [-0.2, 0) is 0 Å². The number of benzene rings is 1. The Morgan fingerprint density at radius 1 is 1.18 bits per heavy atom. The standard InChI is InChI=1S/C17H16N2O3/c20-17(21)19-11-8-13(9-12-19)15-7-4-10-18-16(15)22-14-5-2-1-3-6-14/h1-8,10H,9,11-12H2,(H,20,21). The van der Waals surface area contributed by atoms with Crippen LogP contribution in [0, 0.1) is 0 Å². The van der Waals surface area contributed by atoms with Crippen molar-refractivity contribution >= 4 is 11.7 Å². The van der Waals surface area contributed by atoms with Gasteiger partial charge >= 0.3 is 6.09 Å². The molecule has 5 heteroatoms. The molecule has 0 radical (unpaired) electrons. The molecule has 1 aliphatic rings. The van der Waals surface area contributed by atoms with E-state index in [9.17, 15) is 4.79 Å². The molecule has 0 saturated carbocycles. The van der Waals surface area contributed by atoms with Gasteiger partial charge in [0, 0.05) is 24.8 Å². The van der Waals surface area contributed by atoms with Crippen LogP contribution in [0.3, 0.4) is 0 Å². The minimum Gasteiger partial charge on any atom is -0.465 e. The van der Waals surface area contributed by atoms with Crippen LogP contribution in [0.2, 0.25) is 0 Å². The summed E-state index contributed by atoms with van der Waals surface area (Å²) in [4.78, 5) is 16.7. The van der Waals surface area contributed by atoms with E-state index in [1.54, 1.807) is 6.20 Å². The molecular formula is C17H16N2O3. The normalized spacial score (nSPS) is 14.4. The zero-order valence-corrected chi connectivity index (χ0v) is 12.0. The van der Waals surface area contributed by atoms with Gasteiger partial charge in [0.2, 0.25) is 5.88 Å². The van der Waals surface area contributed by atoms with Crippen molar-refractivity contribution < 1.29 is 14.6 Å². The van der Waals surface area contributed by atoms with E-state index in [1.807, 2.05) is 48.5 Å². The quantitative estimate of drug-likeness (QED) is 0.939. The van der Waals surface area contributed by atoms with Crippen LogP contribution >= 0.6 is 0 Å². The summed E-state index contributed by atoms with van der Waals surface area (Å²) in [7, 11) is 0. The number of para-hydroxylation sites is 1. The van der Waals surface area contributed by atoms with Gasteiger partial charge in [-0.15, -0.1) is 0 Å². The van der Waals surface area contributed by atoms with Gasteiger partial charge in [0.1, 0.15) is 5.75 Å². The maximum absolute atomic E-state index is 11.0. The first-order chi connectivity index (χ1) is 10.7. The highest BCUT2D eigenvalue weighted by Gasteiger charge is 2.19. The predicted molar refractivity (Wildman–Crippen MR) is 82.9 cm³/mol. The van der Waals surface area contributed by atoms with Crippen molar-refractivity contribution in [2.45, 2.75) is 6.42 Å². The van der Waals surface area contributed by atoms with Gasteiger partial charge in [-0.3, -0.25) is 0 Å². The monoisotopic (exact) mass is 296 g/mol. The van der Waals surface area contributed by atoms with E-state index in [4.69, 9.17) is 9.84 Å². The van der Waals surface area contributed by atoms with Gasteiger partial charge in [-0.25, -0.2) is 9.78 Å². The molecule has 2 heterocycles. The van der Waals surface area contributed by atoms with Crippen molar-refractivity contribution in [3.8, 4) is 11.6 Å². The number of carbonyl (C=O) groups is 1. The van der Waals surface area contributed by atoms with Crippen molar-refractivity contribution in [1.29, 1.82) is 0 Å². The SMILES string of the molecule is O=C(O)N1CC=C(c2cccnc2Oc2ccccc2)CC1. The predicted octanol–water partition coefficient (Wildman–Crippen LogP) is 3.64. The molecule has 1 aromatic heterocycles. The zero-order chi connectivity index (χ0) is 15.4. The third-order valence-electron chi connectivity index (χ3n) is 3.55. The van der Waals surface area contributed by atoms with E-state index >= 15 is 0 Å². The summed E-state index contributed by atoms with van der Waals surface area (Å²) in [5, 5.41) is 9.00. The lowest BCUT2D eigenvalue weighted by molar-refractivity contribution is 0.150. The Bertz CT molecular complexity index is 698. The third kappa shape index (κ3) is 3.09. The van der Waals surface area contributed by atoms with Crippen LogP contribution in [0.5, 0.6) is 11.6 Å². The molecule has 1 amide bonds. The van der Waals surface area contributed by atoms with Gasteiger partial charge in [-0.05, 0) is 36.3 Å². The molecule has 5 nitrogen and oxygen atoms in total. The zero-order valence-electron chi connectivity index (χ0n) is 12.0. The van der Waals surface area contributed by atoms with E-state index in [0.717, 1.165) is 16.9 Å². The molecule has 22 heavy (non-hydrogen) atoms. The average molecular weight is 296 g/mol. The summed E-state index contributed by atoms with van der Waals surface area (Å²) in [6.45, 7) is 0.880. The molecule has 0 bridgehead atoms. The number of nitrogens with zero attached hydrogens (tertiary/aromatic N) is 2. The minimum absolute atomic E-state index is 0.393. The number of hydrogen-bond acceptors (Lipinski definition) is 3. The lowest BCUT2D eigenvalue weighted by atomic mass is 10.0. The molecule has 112 valence electrons. The fourth-order valence-corrected chi connectivity index (χ4v) is 2.40. The summed E-state index contributed by atoms with van der Waals surface area (Å²) >= 11 is 0. The summed E-state index contributed by atoms with van der Waals surface area (Å²) in [5.41, 5.74) is 1.98. The first-order valence-electron chi connectivity index (χ1n) is 7.09. The minimum atomic E-state index is -0.887. The van der Waals surface area contributed by atoms with Crippen molar-refractivity contribution in [3.05, 3.63) is 60.3 Å². The second kappa shape index (κ2) is 6.30. The Labute approximate surface area is 128 Å². The lowest BCUT2D eigenvalue weighted by Crippen LogP contribution is -2.33. The van der Waals surface area contributed by atoms with Gasteiger partial charge in [0.05, 0.1) is 0 Å². The lowest BCUT2D eigenvalue weighted by Gasteiger charge is -2.24. The second-order valence-electron chi connectivity index (χ2n) is 4.98. The van der Waals surface area contributed by atoms with Crippen LogP contribution in [-0.4, -0.2) is 34.2 Å². The van der Waals surface area contributed by atoms with Crippen molar-refractivity contribution in [2.75, 3.05) is 13.1 Å². The summed E-state index contributed by atoms with van der Waals surface area (Å²) in [6, 6.07) is 13.3. The summed E-state index contributed by atoms with van der Waals surface area (Å²) in [5.74, 6) is 1.27. The maximum Gasteiger partial charge on any atom is 0.407 e. The fourth-order valence-electron chi connectivity index (χ4n) is 2.40. The molecule has 0 fully saturated rings. The molecule has 1 N–H and O–H groups in total. The number of rotatable bonds is 3. The van der Waals surface area contributed by atoms with Gasteiger partial charge in [-0.2, -0.15) is 0 Å². The van der Waals surface area contributed by atoms with Crippen LogP contribution < -0.4 is 4.74 Å². The van der Waals surface area contributed by atoms with Crippen LogP contribution in [0.1, 0.15) is 12.0 Å². The molecule has 0 atom stereocenters. The Morgan fingerprint density at radius 2 is 2.00 bits per heavy atom. The molecule has 2 aromatic rings. The summed E-state index contributed by atoms with van der Waals surface area (Å²) < 4.78 is 5.86. The number of hydrogen-bond donors (Lipinski definition) is 1. The van der Waals surface area contributed by atoms with E-state index in [2.05, 4.69) is 4.98 Å². The third-order valence-corrected chi connectivity index (χ3v) is 3.55.